The van der Waals surface area contributed by atoms with Crippen molar-refractivity contribution in [2.45, 2.75) is 13.2 Å². The van der Waals surface area contributed by atoms with E-state index in [0.29, 0.717) is 22.5 Å². The molecule has 0 aliphatic heterocycles. The molecule has 0 aliphatic rings. The Balaban J connectivity index is 2.02. The Labute approximate surface area is 106 Å². The molecule has 1 aromatic carbocycles. The Morgan fingerprint density at radius 3 is 2.82 bits per heavy atom. The number of furan rings is 1. The van der Waals surface area contributed by atoms with Gasteiger partial charge in [0.25, 0.3) is 0 Å². The normalized spacial score (nSPS) is 10.5. The fourth-order valence-corrected chi connectivity index (χ4v) is 1.82. The fourth-order valence-electron chi connectivity index (χ4n) is 1.35. The summed E-state index contributed by atoms with van der Waals surface area (Å²) in [5.41, 5.74) is 6.38. The maximum absolute atomic E-state index is 12.8. The number of ether oxygens (including phenoxy) is 1. The van der Waals surface area contributed by atoms with Crippen LogP contribution in [-0.2, 0) is 13.2 Å². The molecule has 0 aliphatic carbocycles. The van der Waals surface area contributed by atoms with E-state index in [-0.39, 0.29) is 12.4 Å². The Bertz CT molecular complexity index is 513. The zero-order valence-electron chi connectivity index (χ0n) is 8.95. The highest BCUT2D eigenvalue weighted by molar-refractivity contribution is 9.10. The van der Waals surface area contributed by atoms with Crippen molar-refractivity contribution in [2.75, 3.05) is 0 Å². The maximum atomic E-state index is 12.8. The standard InChI is InChI=1S/C12H11BrFNO2/c13-11-4-9(14)1-2-12(11)17-7-10-3-8(5-15)6-16-10/h1-4,6H,5,7,15H2. The molecule has 0 saturated heterocycles. The van der Waals surface area contributed by atoms with Crippen LogP contribution in [0.5, 0.6) is 5.75 Å². The molecule has 0 unspecified atom stereocenters. The van der Waals surface area contributed by atoms with Gasteiger partial charge in [-0.2, -0.15) is 0 Å². The molecule has 0 bridgehead atoms. The van der Waals surface area contributed by atoms with Crippen LogP contribution in [0.15, 0.2) is 39.4 Å². The minimum atomic E-state index is -0.312. The van der Waals surface area contributed by atoms with Gasteiger partial charge in [0.05, 0.1) is 10.7 Å². The first-order valence-electron chi connectivity index (χ1n) is 5.03. The highest BCUT2D eigenvalue weighted by Crippen LogP contribution is 2.26. The Morgan fingerprint density at radius 1 is 1.35 bits per heavy atom. The molecule has 2 aromatic rings. The molecule has 0 radical (unpaired) electrons. The lowest BCUT2D eigenvalue weighted by atomic mass is 10.3. The van der Waals surface area contributed by atoms with Gasteiger partial charge in [-0.3, -0.25) is 0 Å². The quantitative estimate of drug-likeness (QED) is 0.943. The number of halogens is 2. The lowest BCUT2D eigenvalue weighted by Crippen LogP contribution is -1.96. The van der Waals surface area contributed by atoms with Gasteiger partial charge in [0.15, 0.2) is 0 Å². The first-order valence-corrected chi connectivity index (χ1v) is 5.82. The number of rotatable bonds is 4. The molecule has 1 heterocycles. The molecule has 90 valence electrons. The molecule has 3 nitrogen and oxygen atoms in total. The predicted octanol–water partition coefficient (Wildman–Crippen LogP) is 3.22. The fraction of sp³-hybridized carbons (Fsp3) is 0.167. The largest absolute Gasteiger partial charge is 0.484 e. The van der Waals surface area contributed by atoms with Gasteiger partial charge in [-0.15, -0.1) is 0 Å². The van der Waals surface area contributed by atoms with Gasteiger partial charge in [0.1, 0.15) is 23.9 Å². The van der Waals surface area contributed by atoms with E-state index >= 15 is 0 Å². The lowest BCUT2D eigenvalue weighted by molar-refractivity contribution is 0.268. The van der Waals surface area contributed by atoms with Crippen molar-refractivity contribution in [1.82, 2.24) is 0 Å². The minimum Gasteiger partial charge on any atom is -0.484 e. The third-order valence-corrected chi connectivity index (χ3v) is 2.83. The smallest absolute Gasteiger partial charge is 0.146 e. The van der Waals surface area contributed by atoms with Gasteiger partial charge < -0.3 is 14.9 Å². The number of benzene rings is 1. The van der Waals surface area contributed by atoms with E-state index < -0.39 is 0 Å². The Morgan fingerprint density at radius 2 is 2.18 bits per heavy atom. The summed E-state index contributed by atoms with van der Waals surface area (Å²) in [5, 5.41) is 0. The summed E-state index contributed by atoms with van der Waals surface area (Å²) in [4.78, 5) is 0. The van der Waals surface area contributed by atoms with Crippen molar-refractivity contribution in [2.24, 2.45) is 5.73 Å². The van der Waals surface area contributed by atoms with Crippen LogP contribution in [0.2, 0.25) is 0 Å². The lowest BCUT2D eigenvalue weighted by Gasteiger charge is -2.06. The van der Waals surface area contributed by atoms with Crippen LogP contribution < -0.4 is 10.5 Å². The molecule has 0 fully saturated rings. The van der Waals surface area contributed by atoms with Crippen molar-refractivity contribution in [1.29, 1.82) is 0 Å². The summed E-state index contributed by atoms with van der Waals surface area (Å²) < 4.78 is 24.1. The summed E-state index contributed by atoms with van der Waals surface area (Å²) in [6.45, 7) is 0.716. The van der Waals surface area contributed by atoms with Crippen molar-refractivity contribution in [3.05, 3.63) is 52.1 Å². The van der Waals surface area contributed by atoms with Crippen molar-refractivity contribution in [3.63, 3.8) is 0 Å². The van der Waals surface area contributed by atoms with Gasteiger partial charge in [0, 0.05) is 12.1 Å². The maximum Gasteiger partial charge on any atom is 0.146 e. The second-order valence-electron chi connectivity index (χ2n) is 3.49. The average Bonchev–Trinajstić information content (AvgIpc) is 2.76. The summed E-state index contributed by atoms with van der Waals surface area (Å²) in [6, 6.07) is 6.08. The van der Waals surface area contributed by atoms with Crippen LogP contribution in [-0.4, -0.2) is 0 Å². The molecule has 0 spiro atoms. The van der Waals surface area contributed by atoms with Crippen LogP contribution in [0.1, 0.15) is 11.3 Å². The first kappa shape index (κ1) is 12.1. The van der Waals surface area contributed by atoms with Gasteiger partial charge in [-0.05, 0) is 40.2 Å². The molecule has 17 heavy (non-hydrogen) atoms. The molecule has 1 aromatic heterocycles. The number of hydrogen-bond acceptors (Lipinski definition) is 3. The van der Waals surface area contributed by atoms with Crippen LogP contribution in [0.25, 0.3) is 0 Å². The molecule has 0 atom stereocenters. The second kappa shape index (κ2) is 5.33. The first-order chi connectivity index (χ1) is 8.19. The Hall–Kier alpha value is -1.33. The van der Waals surface area contributed by atoms with Gasteiger partial charge >= 0.3 is 0 Å². The summed E-state index contributed by atoms with van der Waals surface area (Å²) in [7, 11) is 0. The van der Waals surface area contributed by atoms with E-state index in [1.54, 1.807) is 12.3 Å². The third kappa shape index (κ3) is 3.08. The molecular formula is C12H11BrFNO2. The van der Waals surface area contributed by atoms with Crippen LogP contribution >= 0.6 is 15.9 Å². The van der Waals surface area contributed by atoms with E-state index in [1.165, 1.54) is 12.1 Å². The molecule has 5 heteroatoms. The molecular weight excluding hydrogens is 289 g/mol. The minimum absolute atomic E-state index is 0.282. The molecule has 2 rings (SSSR count). The van der Waals surface area contributed by atoms with Crippen LogP contribution in [0.4, 0.5) is 4.39 Å². The monoisotopic (exact) mass is 299 g/mol. The van der Waals surface area contributed by atoms with E-state index in [0.717, 1.165) is 5.56 Å². The SMILES string of the molecule is NCc1coc(COc2ccc(F)cc2Br)c1. The van der Waals surface area contributed by atoms with Crippen molar-refractivity contribution in [3.8, 4) is 5.75 Å². The highest BCUT2D eigenvalue weighted by Gasteiger charge is 2.05. The number of hydrogen-bond donors (Lipinski definition) is 1. The third-order valence-electron chi connectivity index (χ3n) is 2.21. The molecule has 2 N–H and O–H groups in total. The van der Waals surface area contributed by atoms with Crippen molar-refractivity contribution < 1.29 is 13.5 Å². The topological polar surface area (TPSA) is 48.4 Å². The van der Waals surface area contributed by atoms with E-state index in [2.05, 4.69) is 15.9 Å². The van der Waals surface area contributed by atoms with Crippen LogP contribution in [0, 0.1) is 5.82 Å². The van der Waals surface area contributed by atoms with E-state index in [4.69, 9.17) is 14.9 Å². The van der Waals surface area contributed by atoms with E-state index in [9.17, 15) is 4.39 Å². The van der Waals surface area contributed by atoms with Crippen LogP contribution in [0.3, 0.4) is 0 Å². The zero-order chi connectivity index (χ0) is 12.3. The van der Waals surface area contributed by atoms with Gasteiger partial charge in [0.2, 0.25) is 0 Å². The second-order valence-corrected chi connectivity index (χ2v) is 4.34. The van der Waals surface area contributed by atoms with Gasteiger partial charge in [-0.25, -0.2) is 4.39 Å². The predicted molar refractivity (Wildman–Crippen MR) is 65.0 cm³/mol. The molecule has 0 saturated carbocycles. The zero-order valence-corrected chi connectivity index (χ0v) is 10.5. The highest BCUT2D eigenvalue weighted by atomic mass is 79.9. The van der Waals surface area contributed by atoms with E-state index in [1.807, 2.05) is 6.07 Å². The summed E-state index contributed by atoms with van der Waals surface area (Å²) in [6.07, 6.45) is 1.60. The van der Waals surface area contributed by atoms with Gasteiger partial charge in [-0.1, -0.05) is 0 Å². The summed E-state index contributed by atoms with van der Waals surface area (Å²) >= 11 is 3.22. The number of nitrogens with two attached hydrogens (primary N) is 1. The van der Waals surface area contributed by atoms with Crippen molar-refractivity contribution >= 4 is 15.9 Å². The average molecular weight is 300 g/mol. The summed E-state index contributed by atoms with van der Waals surface area (Å²) in [5.74, 6) is 0.936. The molecule has 0 amide bonds. The Kier molecular flexibility index (Phi) is 3.81.